The van der Waals surface area contributed by atoms with Gasteiger partial charge in [0.1, 0.15) is 21.2 Å². The summed E-state index contributed by atoms with van der Waals surface area (Å²) in [5, 5.41) is 1.18. The van der Waals surface area contributed by atoms with E-state index in [4.69, 9.17) is 0 Å². The molecule has 0 bridgehead atoms. The molecule has 0 amide bonds. The largest absolute Gasteiger partial charge is 0.405 e. The van der Waals surface area contributed by atoms with E-state index < -0.39 is 33.5 Å². The maximum atomic E-state index is 13.1. The summed E-state index contributed by atoms with van der Waals surface area (Å²) in [6.45, 7) is 3.47. The zero-order valence-corrected chi connectivity index (χ0v) is 18.7. The van der Waals surface area contributed by atoms with Gasteiger partial charge in [0, 0.05) is 36.6 Å². The van der Waals surface area contributed by atoms with E-state index >= 15 is 0 Å². The average molecular weight is 473 g/mol. The van der Waals surface area contributed by atoms with Crippen LogP contribution < -0.4 is 20.2 Å². The van der Waals surface area contributed by atoms with E-state index in [-0.39, 0.29) is 5.78 Å². The van der Waals surface area contributed by atoms with Crippen LogP contribution in [0.3, 0.4) is 0 Å². The average Bonchev–Trinajstić information content (AvgIpc) is 2.68. The number of carbonyl (C=O) groups excluding carboxylic acids is 1. The van der Waals surface area contributed by atoms with Crippen molar-refractivity contribution in [1.82, 2.24) is 0 Å². The molecule has 2 aromatic rings. The molecule has 0 fully saturated rings. The minimum absolute atomic E-state index is 0.295. The van der Waals surface area contributed by atoms with Crippen molar-refractivity contribution in [3.8, 4) is 0 Å². The molecule has 3 rings (SSSR count). The third kappa shape index (κ3) is 4.55. The number of alkyl halides is 6. The van der Waals surface area contributed by atoms with E-state index in [2.05, 4.69) is 6.58 Å². The Bertz CT molecular complexity index is 988. The molecular weight excluding hydrogens is 450 g/mol. The highest BCUT2D eigenvalue weighted by molar-refractivity contribution is 7.07. The van der Waals surface area contributed by atoms with Crippen LogP contribution in [0.2, 0.25) is 6.55 Å². The normalized spacial score (nSPS) is 15.1. The van der Waals surface area contributed by atoms with Gasteiger partial charge in [-0.25, -0.2) is 0 Å². The summed E-state index contributed by atoms with van der Waals surface area (Å²) >= 11 is 0. The van der Waals surface area contributed by atoms with E-state index in [1.54, 1.807) is 17.8 Å². The lowest BCUT2D eigenvalue weighted by Gasteiger charge is -2.35. The van der Waals surface area contributed by atoms with Crippen LogP contribution >= 0.6 is 0 Å². The second-order valence-electron chi connectivity index (χ2n) is 8.14. The molecule has 1 aliphatic heterocycles. The molecule has 0 aliphatic carbocycles. The Labute approximate surface area is 182 Å². The fourth-order valence-corrected chi connectivity index (χ4v) is 7.16. The molecule has 1 aliphatic rings. The third-order valence-electron chi connectivity index (χ3n) is 5.74. The van der Waals surface area contributed by atoms with Crippen LogP contribution in [-0.4, -0.2) is 53.4 Å². The molecule has 32 heavy (non-hydrogen) atoms. The topological polar surface area (TPSA) is 23.6 Å². The monoisotopic (exact) mass is 472 g/mol. The molecule has 0 saturated carbocycles. The Morgan fingerprint density at radius 1 is 0.844 bits per heavy atom. The standard InChI is InChI=1S/C22H22F6N2OSi/c1-5-32(4)18-10-14(29(2)12-21(23,24)25)6-8-16(18)20(31)17-9-7-15(11-19(17)32)30(3)13-22(26,27)28/h5-11H,1,12-13H2,2-4H3. The van der Waals surface area contributed by atoms with Gasteiger partial charge in [0.2, 0.25) is 0 Å². The van der Waals surface area contributed by atoms with E-state index in [9.17, 15) is 31.1 Å². The molecule has 0 N–H and O–H groups in total. The van der Waals surface area contributed by atoms with Crippen LogP contribution in [0.25, 0.3) is 0 Å². The SMILES string of the molecule is C=C[Si]1(C)c2cc(N(C)CC(F)(F)F)ccc2C(=O)c2ccc(N(C)CC(F)(F)F)cc21. The smallest absolute Gasteiger partial charge is 0.366 e. The predicted molar refractivity (Wildman–Crippen MR) is 116 cm³/mol. The van der Waals surface area contributed by atoms with Gasteiger partial charge in [-0.15, -0.1) is 6.58 Å². The van der Waals surface area contributed by atoms with Crippen molar-refractivity contribution in [2.75, 3.05) is 37.0 Å². The summed E-state index contributed by atoms with van der Waals surface area (Å²) in [6.07, 6.45) is -8.80. The summed E-state index contributed by atoms with van der Waals surface area (Å²) in [4.78, 5) is 15.2. The second-order valence-corrected chi connectivity index (χ2v) is 12.0. The molecule has 2 aromatic carbocycles. The molecular formula is C22H22F6N2OSi. The van der Waals surface area contributed by atoms with Gasteiger partial charge in [-0.3, -0.25) is 4.79 Å². The van der Waals surface area contributed by atoms with Gasteiger partial charge in [-0.2, -0.15) is 26.3 Å². The van der Waals surface area contributed by atoms with Crippen molar-refractivity contribution >= 4 is 35.6 Å². The maximum Gasteiger partial charge on any atom is 0.405 e. The number of carbonyl (C=O) groups is 1. The van der Waals surface area contributed by atoms with Crippen LogP contribution in [0.4, 0.5) is 37.7 Å². The number of rotatable bonds is 5. The van der Waals surface area contributed by atoms with Crippen LogP contribution in [0.1, 0.15) is 15.9 Å². The summed E-state index contributed by atoms with van der Waals surface area (Å²) in [5.41, 5.74) is 3.05. The number of halogens is 6. The molecule has 0 saturated heterocycles. The number of benzene rings is 2. The Balaban J connectivity index is 2.11. The van der Waals surface area contributed by atoms with Crippen LogP contribution in [0, 0.1) is 0 Å². The quantitative estimate of drug-likeness (QED) is 0.483. The summed E-state index contributed by atoms with van der Waals surface area (Å²) in [7, 11) is -0.218. The van der Waals surface area contributed by atoms with Crippen molar-refractivity contribution in [2.45, 2.75) is 18.9 Å². The Morgan fingerprint density at radius 2 is 1.22 bits per heavy atom. The van der Waals surface area contributed by atoms with Crippen molar-refractivity contribution < 1.29 is 31.1 Å². The highest BCUT2D eigenvalue weighted by atomic mass is 28.3. The highest BCUT2D eigenvalue weighted by Crippen LogP contribution is 2.28. The third-order valence-corrected chi connectivity index (χ3v) is 9.62. The maximum absolute atomic E-state index is 13.1. The van der Waals surface area contributed by atoms with E-state index in [0.29, 0.717) is 32.9 Å². The molecule has 10 heteroatoms. The molecule has 0 atom stereocenters. The van der Waals surface area contributed by atoms with E-state index in [1.165, 1.54) is 38.4 Å². The Kier molecular flexibility index (Phi) is 5.96. The minimum atomic E-state index is -4.40. The summed E-state index contributed by atoms with van der Waals surface area (Å²) < 4.78 is 77.1. The van der Waals surface area contributed by atoms with E-state index in [0.717, 1.165) is 9.80 Å². The molecule has 172 valence electrons. The van der Waals surface area contributed by atoms with Gasteiger partial charge in [0.25, 0.3) is 0 Å². The Hall–Kier alpha value is -2.75. The zero-order valence-electron chi connectivity index (χ0n) is 17.7. The highest BCUT2D eigenvalue weighted by Gasteiger charge is 2.41. The second kappa shape index (κ2) is 7.98. The van der Waals surface area contributed by atoms with Gasteiger partial charge in [-0.05, 0) is 46.8 Å². The summed E-state index contributed by atoms with van der Waals surface area (Å²) in [5.74, 6) is -0.308. The van der Waals surface area contributed by atoms with Gasteiger partial charge in [0.05, 0.1) is 0 Å². The number of anilines is 2. The van der Waals surface area contributed by atoms with Gasteiger partial charge < -0.3 is 9.80 Å². The van der Waals surface area contributed by atoms with Crippen LogP contribution in [-0.2, 0) is 0 Å². The molecule has 3 nitrogen and oxygen atoms in total. The minimum Gasteiger partial charge on any atom is -0.366 e. The molecule has 0 unspecified atom stereocenters. The first-order chi connectivity index (χ1) is 14.7. The van der Waals surface area contributed by atoms with Crippen LogP contribution in [0.5, 0.6) is 0 Å². The van der Waals surface area contributed by atoms with Crippen molar-refractivity contribution in [3.05, 3.63) is 59.8 Å². The molecule has 0 aromatic heterocycles. The fourth-order valence-electron chi connectivity index (χ4n) is 4.03. The number of nitrogens with zero attached hydrogens (tertiary/aromatic N) is 2. The van der Waals surface area contributed by atoms with Gasteiger partial charge >= 0.3 is 12.4 Å². The summed E-state index contributed by atoms with van der Waals surface area (Å²) in [6, 6.07) is 9.11. The molecule has 0 spiro atoms. The zero-order chi connectivity index (χ0) is 24.1. The first kappa shape index (κ1) is 23.9. The molecule has 1 heterocycles. The van der Waals surface area contributed by atoms with E-state index in [1.807, 2.05) is 6.55 Å². The first-order valence-electron chi connectivity index (χ1n) is 9.69. The number of ketones is 1. The predicted octanol–water partition coefficient (Wildman–Crippen LogP) is 4.15. The van der Waals surface area contributed by atoms with Crippen molar-refractivity contribution in [1.29, 1.82) is 0 Å². The lowest BCUT2D eigenvalue weighted by atomic mass is 10.0. The number of hydrogen-bond donors (Lipinski definition) is 0. The van der Waals surface area contributed by atoms with Gasteiger partial charge in [-0.1, -0.05) is 12.2 Å². The lowest BCUT2D eigenvalue weighted by Crippen LogP contribution is -2.61. The van der Waals surface area contributed by atoms with Crippen LogP contribution in [0.15, 0.2) is 48.7 Å². The van der Waals surface area contributed by atoms with Crippen molar-refractivity contribution in [3.63, 3.8) is 0 Å². The number of hydrogen-bond acceptors (Lipinski definition) is 3. The van der Waals surface area contributed by atoms with Crippen molar-refractivity contribution in [2.24, 2.45) is 0 Å². The lowest BCUT2D eigenvalue weighted by molar-refractivity contribution is -0.120. The Morgan fingerprint density at radius 3 is 1.53 bits per heavy atom. The number of fused-ring (bicyclic) bond motifs is 2. The fraction of sp³-hybridized carbons (Fsp3) is 0.318. The first-order valence-corrected chi connectivity index (χ1v) is 12.3. The van der Waals surface area contributed by atoms with Gasteiger partial charge in [0.15, 0.2) is 5.78 Å². The molecule has 0 radical (unpaired) electrons.